The summed E-state index contributed by atoms with van der Waals surface area (Å²) in [6.07, 6.45) is 2.11. The van der Waals surface area contributed by atoms with Crippen LogP contribution < -0.4 is 0 Å². The maximum absolute atomic E-state index is 14.1. The zero-order chi connectivity index (χ0) is 20.4. The largest absolute Gasteiger partial charge is 0.339 e. The standard InChI is InChI=1S/C26H22FN2.Ir/c1-14-8-16(3)24(17(4)9-14)23-13-29-25-18(5)10-15(2)11-22(25)21-12-19(27)6-7-20(21)26(29)28-23;/h6,8-13H,1-5H3;/q-1;. The summed E-state index contributed by atoms with van der Waals surface area (Å²) >= 11 is 0. The fourth-order valence-electron chi connectivity index (χ4n) is 4.78. The van der Waals surface area contributed by atoms with Crippen LogP contribution in [0.15, 0.2) is 42.6 Å². The maximum atomic E-state index is 14.1. The summed E-state index contributed by atoms with van der Waals surface area (Å²) in [4.78, 5) is 5.02. The van der Waals surface area contributed by atoms with Crippen LogP contribution in [0.2, 0.25) is 0 Å². The zero-order valence-corrected chi connectivity index (χ0v) is 20.0. The van der Waals surface area contributed by atoms with Crippen molar-refractivity contribution >= 4 is 27.3 Å². The average Bonchev–Trinajstić information content (AvgIpc) is 3.04. The number of aromatic nitrogens is 2. The fourth-order valence-corrected chi connectivity index (χ4v) is 4.78. The van der Waals surface area contributed by atoms with E-state index >= 15 is 0 Å². The summed E-state index contributed by atoms with van der Waals surface area (Å²) in [5.41, 5.74) is 9.96. The summed E-state index contributed by atoms with van der Waals surface area (Å²) in [6, 6.07) is 14.8. The molecule has 0 aliphatic carbocycles. The van der Waals surface area contributed by atoms with Crippen molar-refractivity contribution in [1.29, 1.82) is 0 Å². The van der Waals surface area contributed by atoms with Crippen LogP contribution in [0.5, 0.6) is 0 Å². The molecule has 0 saturated carbocycles. The Morgan fingerprint density at radius 1 is 0.833 bits per heavy atom. The molecule has 0 amide bonds. The van der Waals surface area contributed by atoms with Crippen molar-refractivity contribution in [3.05, 3.63) is 82.3 Å². The third-order valence-electron chi connectivity index (χ3n) is 5.74. The number of aryl methyl sites for hydroxylation is 5. The van der Waals surface area contributed by atoms with Gasteiger partial charge >= 0.3 is 0 Å². The number of pyridine rings is 1. The second kappa shape index (κ2) is 7.30. The summed E-state index contributed by atoms with van der Waals surface area (Å²) < 4.78 is 16.3. The number of nitrogens with zero attached hydrogens (tertiary/aromatic N) is 2. The van der Waals surface area contributed by atoms with Crippen LogP contribution in [0.25, 0.3) is 38.6 Å². The quantitative estimate of drug-likeness (QED) is 0.160. The minimum atomic E-state index is -0.278. The molecule has 2 aromatic heterocycles. The first-order valence-corrected chi connectivity index (χ1v) is 9.84. The molecule has 30 heavy (non-hydrogen) atoms. The fraction of sp³-hybridized carbons (Fsp3) is 0.192. The van der Waals surface area contributed by atoms with Crippen molar-refractivity contribution in [2.75, 3.05) is 0 Å². The first-order valence-electron chi connectivity index (χ1n) is 9.84. The van der Waals surface area contributed by atoms with Gasteiger partial charge in [-0.25, -0.2) is 0 Å². The third kappa shape index (κ3) is 3.07. The van der Waals surface area contributed by atoms with Gasteiger partial charge in [0.05, 0.1) is 11.3 Å². The molecule has 1 radical (unpaired) electrons. The Balaban J connectivity index is 0.00000218. The summed E-state index contributed by atoms with van der Waals surface area (Å²) in [5.74, 6) is -0.278. The molecule has 153 valence electrons. The molecule has 4 heteroatoms. The van der Waals surface area contributed by atoms with E-state index in [9.17, 15) is 4.39 Å². The van der Waals surface area contributed by atoms with Crippen LogP contribution in [0.4, 0.5) is 4.39 Å². The molecule has 5 aromatic rings. The SMILES string of the molecule is Cc1cc(C)c(-c2cn3c(n2)c2[c-]cc(F)cc2c2cc(C)cc(C)c23)c(C)c1.[Ir]. The monoisotopic (exact) mass is 574 g/mol. The van der Waals surface area contributed by atoms with Crippen molar-refractivity contribution in [3.63, 3.8) is 0 Å². The topological polar surface area (TPSA) is 17.3 Å². The van der Waals surface area contributed by atoms with Gasteiger partial charge in [-0.3, -0.25) is 9.37 Å². The molecule has 0 aliphatic heterocycles. The zero-order valence-electron chi connectivity index (χ0n) is 17.6. The number of halogens is 1. The van der Waals surface area contributed by atoms with Gasteiger partial charge in [0, 0.05) is 43.2 Å². The van der Waals surface area contributed by atoms with Crippen molar-refractivity contribution in [2.24, 2.45) is 0 Å². The van der Waals surface area contributed by atoms with E-state index in [0.717, 1.165) is 49.7 Å². The predicted molar refractivity (Wildman–Crippen MR) is 118 cm³/mol. The van der Waals surface area contributed by atoms with Gasteiger partial charge in [0.2, 0.25) is 0 Å². The molecule has 2 nitrogen and oxygen atoms in total. The summed E-state index contributed by atoms with van der Waals surface area (Å²) in [7, 11) is 0. The van der Waals surface area contributed by atoms with Gasteiger partial charge in [0.1, 0.15) is 0 Å². The molecule has 0 fully saturated rings. The van der Waals surface area contributed by atoms with E-state index in [1.807, 2.05) is 0 Å². The molecule has 0 saturated heterocycles. The Morgan fingerprint density at radius 2 is 1.47 bits per heavy atom. The van der Waals surface area contributed by atoms with Crippen molar-refractivity contribution < 1.29 is 24.5 Å². The molecule has 3 aromatic carbocycles. The number of fused-ring (bicyclic) bond motifs is 6. The van der Waals surface area contributed by atoms with E-state index in [-0.39, 0.29) is 25.9 Å². The molecule has 0 N–H and O–H groups in total. The third-order valence-corrected chi connectivity index (χ3v) is 5.74. The molecule has 2 heterocycles. The van der Waals surface area contributed by atoms with E-state index in [1.165, 1.54) is 22.8 Å². The second-order valence-corrected chi connectivity index (χ2v) is 8.18. The molecule has 0 atom stereocenters. The van der Waals surface area contributed by atoms with Crippen LogP contribution in [0, 0.1) is 46.5 Å². The molecular formula is C26H22FIrN2-. The minimum Gasteiger partial charge on any atom is -0.339 e. The van der Waals surface area contributed by atoms with Gasteiger partial charge in [0.25, 0.3) is 0 Å². The summed E-state index contributed by atoms with van der Waals surface area (Å²) in [6.45, 7) is 10.6. The molecular weight excluding hydrogens is 552 g/mol. The summed E-state index contributed by atoms with van der Waals surface area (Å²) in [5, 5.41) is 2.73. The van der Waals surface area contributed by atoms with Gasteiger partial charge in [-0.05, 0) is 56.7 Å². The van der Waals surface area contributed by atoms with E-state index in [1.54, 1.807) is 6.07 Å². The average molecular weight is 574 g/mol. The van der Waals surface area contributed by atoms with Crippen LogP contribution in [0.1, 0.15) is 27.8 Å². The van der Waals surface area contributed by atoms with Gasteiger partial charge in [-0.2, -0.15) is 0 Å². The smallest absolute Gasteiger partial charge is 0.0777 e. The predicted octanol–water partition coefficient (Wildman–Crippen LogP) is 6.79. The van der Waals surface area contributed by atoms with Crippen LogP contribution >= 0.6 is 0 Å². The van der Waals surface area contributed by atoms with Gasteiger partial charge in [0.15, 0.2) is 0 Å². The Labute approximate surface area is 189 Å². The number of imidazole rings is 1. The Bertz CT molecular complexity index is 1440. The maximum Gasteiger partial charge on any atom is 0.0777 e. The van der Waals surface area contributed by atoms with Gasteiger partial charge in [-0.15, -0.1) is 18.2 Å². The Hall–Kier alpha value is -2.55. The number of hydrogen-bond acceptors (Lipinski definition) is 1. The Morgan fingerprint density at radius 3 is 2.17 bits per heavy atom. The molecule has 5 rings (SSSR count). The minimum absolute atomic E-state index is 0. The number of hydrogen-bond donors (Lipinski definition) is 0. The number of benzene rings is 3. The number of rotatable bonds is 1. The van der Waals surface area contributed by atoms with Crippen LogP contribution in [0.3, 0.4) is 0 Å². The molecule has 0 unspecified atom stereocenters. The van der Waals surface area contributed by atoms with Crippen molar-refractivity contribution in [1.82, 2.24) is 9.38 Å². The molecule has 0 bridgehead atoms. The van der Waals surface area contributed by atoms with E-state index in [0.29, 0.717) is 0 Å². The molecule has 0 spiro atoms. The van der Waals surface area contributed by atoms with Crippen LogP contribution in [-0.4, -0.2) is 9.38 Å². The molecule has 0 aliphatic rings. The first-order chi connectivity index (χ1) is 13.8. The first kappa shape index (κ1) is 20.7. The second-order valence-electron chi connectivity index (χ2n) is 8.18. The normalized spacial score (nSPS) is 11.4. The van der Waals surface area contributed by atoms with Gasteiger partial charge < -0.3 is 4.40 Å². The van der Waals surface area contributed by atoms with E-state index < -0.39 is 0 Å². The van der Waals surface area contributed by atoms with Crippen molar-refractivity contribution in [3.8, 4) is 11.3 Å². The van der Waals surface area contributed by atoms with Crippen molar-refractivity contribution in [2.45, 2.75) is 34.6 Å². The van der Waals surface area contributed by atoms with Crippen LogP contribution in [-0.2, 0) is 20.1 Å². The van der Waals surface area contributed by atoms with E-state index in [4.69, 9.17) is 4.98 Å². The van der Waals surface area contributed by atoms with E-state index in [2.05, 4.69) is 75.5 Å². The van der Waals surface area contributed by atoms with Gasteiger partial charge in [-0.1, -0.05) is 46.2 Å². The Kier molecular flexibility index (Phi) is 5.04.